The molecule has 0 fully saturated rings. The molecule has 0 saturated carbocycles. The first-order valence-corrected chi connectivity index (χ1v) is 11.9. The monoisotopic (exact) mass is 492 g/mol. The molecule has 5 heteroatoms. The molecule has 0 aliphatic heterocycles. The first-order chi connectivity index (χ1) is 15.3. The SMILES string of the molecule is CCCCNc1cc(-c2ccccc2)c2[nH]c3ccc(Br)cc3c2c1C(=O)OC(C)(C)C. The third-order valence-electron chi connectivity index (χ3n) is 5.37. The summed E-state index contributed by atoms with van der Waals surface area (Å²) in [6.07, 6.45) is 2.09. The number of benzene rings is 3. The molecule has 0 aliphatic rings. The van der Waals surface area contributed by atoms with Gasteiger partial charge in [0.2, 0.25) is 0 Å². The predicted octanol–water partition coefficient (Wildman–Crippen LogP) is 7.92. The number of carbonyl (C=O) groups is 1. The van der Waals surface area contributed by atoms with Crippen molar-refractivity contribution >= 4 is 49.4 Å². The molecule has 0 saturated heterocycles. The fourth-order valence-electron chi connectivity index (χ4n) is 3.97. The summed E-state index contributed by atoms with van der Waals surface area (Å²) in [7, 11) is 0. The van der Waals surface area contributed by atoms with Crippen molar-refractivity contribution in [2.24, 2.45) is 0 Å². The summed E-state index contributed by atoms with van der Waals surface area (Å²) in [6.45, 7) is 8.65. The van der Waals surface area contributed by atoms with Crippen LogP contribution >= 0.6 is 15.9 Å². The number of ether oxygens (including phenoxy) is 1. The molecule has 2 N–H and O–H groups in total. The number of nitrogens with one attached hydrogen (secondary N) is 2. The Kier molecular flexibility index (Phi) is 6.29. The summed E-state index contributed by atoms with van der Waals surface area (Å²) in [5, 5.41) is 5.40. The molecule has 0 bridgehead atoms. The van der Waals surface area contributed by atoms with E-state index in [1.54, 1.807) is 0 Å². The smallest absolute Gasteiger partial charge is 0.341 e. The van der Waals surface area contributed by atoms with E-state index in [9.17, 15) is 4.79 Å². The second-order valence-electron chi connectivity index (χ2n) is 9.06. The van der Waals surface area contributed by atoms with E-state index in [4.69, 9.17) is 4.74 Å². The Morgan fingerprint density at radius 1 is 1.09 bits per heavy atom. The molecule has 0 amide bonds. The molecule has 0 unspecified atom stereocenters. The highest BCUT2D eigenvalue weighted by Gasteiger charge is 2.26. The lowest BCUT2D eigenvalue weighted by Crippen LogP contribution is -2.25. The van der Waals surface area contributed by atoms with Gasteiger partial charge in [-0.2, -0.15) is 0 Å². The molecular formula is C27H29BrN2O2. The molecule has 4 nitrogen and oxygen atoms in total. The summed E-state index contributed by atoms with van der Waals surface area (Å²) in [5.41, 5.74) is 4.86. The molecule has 1 aromatic heterocycles. The molecule has 0 radical (unpaired) electrons. The van der Waals surface area contributed by atoms with E-state index in [0.29, 0.717) is 5.56 Å². The highest BCUT2D eigenvalue weighted by molar-refractivity contribution is 9.10. The molecule has 1 heterocycles. The van der Waals surface area contributed by atoms with Crippen LogP contribution in [0.25, 0.3) is 32.9 Å². The van der Waals surface area contributed by atoms with E-state index >= 15 is 0 Å². The van der Waals surface area contributed by atoms with Crippen LogP contribution in [0.3, 0.4) is 0 Å². The van der Waals surface area contributed by atoms with E-state index in [1.165, 1.54) is 0 Å². The van der Waals surface area contributed by atoms with E-state index in [1.807, 2.05) is 51.1 Å². The van der Waals surface area contributed by atoms with Gasteiger partial charge in [-0.25, -0.2) is 4.79 Å². The normalized spacial score (nSPS) is 11.8. The van der Waals surface area contributed by atoms with Crippen molar-refractivity contribution in [1.29, 1.82) is 0 Å². The van der Waals surface area contributed by atoms with Gasteiger partial charge in [-0.05, 0) is 57.0 Å². The van der Waals surface area contributed by atoms with Gasteiger partial charge in [0.25, 0.3) is 0 Å². The fraction of sp³-hybridized carbons (Fsp3) is 0.296. The van der Waals surface area contributed by atoms with E-state index in [2.05, 4.69) is 57.4 Å². The molecule has 3 aromatic carbocycles. The van der Waals surface area contributed by atoms with Crippen molar-refractivity contribution in [2.45, 2.75) is 46.1 Å². The third-order valence-corrected chi connectivity index (χ3v) is 5.86. The van der Waals surface area contributed by atoms with E-state index in [-0.39, 0.29) is 5.97 Å². The van der Waals surface area contributed by atoms with Crippen molar-refractivity contribution in [3.8, 4) is 11.1 Å². The number of hydrogen-bond donors (Lipinski definition) is 2. The van der Waals surface area contributed by atoms with Gasteiger partial charge < -0.3 is 15.0 Å². The molecule has 0 aliphatic carbocycles. The van der Waals surface area contributed by atoms with Gasteiger partial charge in [0.1, 0.15) is 5.60 Å². The van der Waals surface area contributed by atoms with Crippen LogP contribution in [0.5, 0.6) is 0 Å². The van der Waals surface area contributed by atoms with Crippen molar-refractivity contribution in [2.75, 3.05) is 11.9 Å². The van der Waals surface area contributed by atoms with Gasteiger partial charge in [0, 0.05) is 32.9 Å². The van der Waals surface area contributed by atoms with E-state index < -0.39 is 5.60 Å². The molecule has 0 spiro atoms. The maximum absolute atomic E-state index is 13.5. The molecule has 166 valence electrons. The Balaban J connectivity index is 2.07. The van der Waals surface area contributed by atoms with Gasteiger partial charge in [-0.15, -0.1) is 0 Å². The Bertz CT molecular complexity index is 1270. The lowest BCUT2D eigenvalue weighted by atomic mass is 9.96. The van der Waals surface area contributed by atoms with Gasteiger partial charge in [-0.3, -0.25) is 0 Å². The summed E-state index contributed by atoms with van der Waals surface area (Å²) in [4.78, 5) is 17.1. The number of unbranched alkanes of at least 4 members (excludes halogenated alkanes) is 1. The van der Waals surface area contributed by atoms with Gasteiger partial charge in [0.15, 0.2) is 0 Å². The second-order valence-corrected chi connectivity index (χ2v) is 9.98. The first kappa shape index (κ1) is 22.4. The van der Waals surface area contributed by atoms with Crippen LogP contribution in [0.1, 0.15) is 50.9 Å². The average molecular weight is 493 g/mol. The minimum absolute atomic E-state index is 0.318. The van der Waals surface area contributed by atoms with Crippen LogP contribution in [-0.2, 0) is 4.74 Å². The van der Waals surface area contributed by atoms with Crippen LogP contribution < -0.4 is 5.32 Å². The molecule has 4 aromatic rings. The van der Waals surface area contributed by atoms with Crippen LogP contribution in [0.15, 0.2) is 59.1 Å². The highest BCUT2D eigenvalue weighted by Crippen LogP contribution is 2.41. The maximum atomic E-state index is 13.5. The lowest BCUT2D eigenvalue weighted by Gasteiger charge is -2.22. The standard InChI is InChI=1S/C27H29BrN2O2/c1-5-6-14-29-22-16-19(17-10-8-7-9-11-17)25-23(24(22)26(31)32-27(2,3)4)20-15-18(28)12-13-21(20)30-25/h7-13,15-16,29-30H,5-6,14H2,1-4H3. The van der Waals surface area contributed by atoms with Crippen molar-refractivity contribution < 1.29 is 9.53 Å². The van der Waals surface area contributed by atoms with Gasteiger partial charge in [-0.1, -0.05) is 59.6 Å². The molecular weight excluding hydrogens is 464 g/mol. The highest BCUT2D eigenvalue weighted by atomic mass is 79.9. The number of H-pyrrole nitrogens is 1. The fourth-order valence-corrected chi connectivity index (χ4v) is 4.34. The number of aromatic amines is 1. The Morgan fingerprint density at radius 2 is 1.84 bits per heavy atom. The summed E-state index contributed by atoms with van der Waals surface area (Å²) in [6, 6.07) is 18.5. The minimum atomic E-state index is -0.588. The Hall–Kier alpha value is -2.79. The second kappa shape index (κ2) is 8.99. The number of carbonyl (C=O) groups excluding carboxylic acids is 1. The zero-order valence-electron chi connectivity index (χ0n) is 19.0. The molecule has 0 atom stereocenters. The number of rotatable bonds is 6. The molecule has 32 heavy (non-hydrogen) atoms. The largest absolute Gasteiger partial charge is 0.456 e. The topological polar surface area (TPSA) is 54.1 Å². The lowest BCUT2D eigenvalue weighted by molar-refractivity contribution is 0.00730. The van der Waals surface area contributed by atoms with Crippen LogP contribution in [0, 0.1) is 0 Å². The number of esters is 1. The van der Waals surface area contributed by atoms with Gasteiger partial charge in [0.05, 0.1) is 16.8 Å². The van der Waals surface area contributed by atoms with Crippen LogP contribution in [0.4, 0.5) is 5.69 Å². The quantitative estimate of drug-likeness (QED) is 0.212. The summed E-state index contributed by atoms with van der Waals surface area (Å²) < 4.78 is 6.83. The first-order valence-electron chi connectivity index (χ1n) is 11.1. The van der Waals surface area contributed by atoms with E-state index in [0.717, 1.165) is 62.5 Å². The van der Waals surface area contributed by atoms with Crippen molar-refractivity contribution in [3.63, 3.8) is 0 Å². The maximum Gasteiger partial charge on any atom is 0.341 e. The zero-order chi connectivity index (χ0) is 22.9. The number of fused-ring (bicyclic) bond motifs is 3. The Morgan fingerprint density at radius 3 is 2.53 bits per heavy atom. The van der Waals surface area contributed by atoms with Crippen LogP contribution in [0.2, 0.25) is 0 Å². The number of anilines is 1. The van der Waals surface area contributed by atoms with Crippen LogP contribution in [-0.4, -0.2) is 23.1 Å². The summed E-state index contributed by atoms with van der Waals surface area (Å²) >= 11 is 3.60. The number of halogens is 1. The van der Waals surface area contributed by atoms with Crippen molar-refractivity contribution in [1.82, 2.24) is 4.98 Å². The average Bonchev–Trinajstić information content (AvgIpc) is 3.11. The third kappa shape index (κ3) is 4.53. The zero-order valence-corrected chi connectivity index (χ0v) is 20.6. The summed E-state index contributed by atoms with van der Waals surface area (Å²) in [5.74, 6) is -0.318. The predicted molar refractivity (Wildman–Crippen MR) is 138 cm³/mol. The Labute approximate surface area is 197 Å². The number of hydrogen-bond acceptors (Lipinski definition) is 3. The molecule has 4 rings (SSSR count). The van der Waals surface area contributed by atoms with Gasteiger partial charge >= 0.3 is 5.97 Å². The minimum Gasteiger partial charge on any atom is -0.456 e. The number of aromatic nitrogens is 1. The van der Waals surface area contributed by atoms with Crippen molar-refractivity contribution in [3.05, 3.63) is 64.6 Å².